The van der Waals surface area contributed by atoms with Crippen molar-refractivity contribution in [1.29, 1.82) is 0 Å². The number of rotatable bonds is 3. The summed E-state index contributed by atoms with van der Waals surface area (Å²) in [6.45, 7) is 0.0505. The fourth-order valence-electron chi connectivity index (χ4n) is 3.09. The van der Waals surface area contributed by atoms with Gasteiger partial charge in [-0.25, -0.2) is 0 Å². The van der Waals surface area contributed by atoms with E-state index in [2.05, 4.69) is 5.16 Å². The van der Waals surface area contributed by atoms with E-state index in [0.717, 1.165) is 0 Å². The highest BCUT2D eigenvalue weighted by Crippen LogP contribution is 2.37. The van der Waals surface area contributed by atoms with Crippen molar-refractivity contribution in [2.45, 2.75) is 5.92 Å². The molecular weight excluding hydrogens is 336 g/mol. The van der Waals surface area contributed by atoms with Crippen LogP contribution in [0.5, 0.6) is 5.75 Å². The van der Waals surface area contributed by atoms with E-state index in [1.807, 2.05) is 0 Å². The van der Waals surface area contributed by atoms with E-state index in [1.165, 1.54) is 23.1 Å². The lowest BCUT2D eigenvalue weighted by Crippen LogP contribution is -2.31. The normalized spacial score (nSPS) is 15.7. The SMILES string of the molecule is O=C(O)C1CN(C(=O)c2cc(-c3ccc(O)cc3)on2)c2ccccc21. The van der Waals surface area contributed by atoms with E-state index < -0.39 is 17.8 Å². The number of phenols is 1. The molecule has 1 aromatic heterocycles. The second-order valence-corrected chi connectivity index (χ2v) is 5.99. The van der Waals surface area contributed by atoms with Crippen LogP contribution in [0.25, 0.3) is 11.3 Å². The van der Waals surface area contributed by atoms with Crippen LogP contribution < -0.4 is 4.90 Å². The maximum atomic E-state index is 12.8. The number of aliphatic carboxylic acids is 1. The van der Waals surface area contributed by atoms with Crippen molar-refractivity contribution >= 4 is 17.6 Å². The highest BCUT2D eigenvalue weighted by atomic mass is 16.5. The van der Waals surface area contributed by atoms with E-state index in [0.29, 0.717) is 22.6 Å². The molecule has 1 aliphatic heterocycles. The van der Waals surface area contributed by atoms with Crippen molar-refractivity contribution in [1.82, 2.24) is 5.16 Å². The van der Waals surface area contributed by atoms with Crippen LogP contribution in [-0.2, 0) is 4.79 Å². The Hall–Kier alpha value is -3.61. The van der Waals surface area contributed by atoms with Crippen LogP contribution in [0.15, 0.2) is 59.1 Å². The average molecular weight is 350 g/mol. The number of aromatic hydroxyl groups is 1. The monoisotopic (exact) mass is 350 g/mol. The van der Waals surface area contributed by atoms with Crippen LogP contribution in [0, 0.1) is 0 Å². The van der Waals surface area contributed by atoms with Gasteiger partial charge in [-0.1, -0.05) is 23.4 Å². The zero-order valence-electron chi connectivity index (χ0n) is 13.5. The van der Waals surface area contributed by atoms with E-state index >= 15 is 0 Å². The van der Waals surface area contributed by atoms with Gasteiger partial charge < -0.3 is 19.6 Å². The smallest absolute Gasteiger partial charge is 0.312 e. The van der Waals surface area contributed by atoms with Crippen LogP contribution in [0.2, 0.25) is 0 Å². The standard InChI is InChI=1S/C19H14N2O5/c22-12-7-5-11(6-8-12)17-9-15(20-26-17)18(23)21-10-14(19(24)25)13-3-1-2-4-16(13)21/h1-9,14,22H,10H2,(H,24,25). The molecule has 1 atom stereocenters. The lowest BCUT2D eigenvalue weighted by atomic mass is 10.0. The first kappa shape index (κ1) is 15.9. The lowest BCUT2D eigenvalue weighted by molar-refractivity contribution is -0.138. The number of fused-ring (bicyclic) bond motifs is 1. The number of amides is 1. The summed E-state index contributed by atoms with van der Waals surface area (Å²) in [4.78, 5) is 25.7. The Labute approximate surface area is 148 Å². The van der Waals surface area contributed by atoms with Gasteiger partial charge in [-0.05, 0) is 35.9 Å². The van der Waals surface area contributed by atoms with Crippen LogP contribution in [0.3, 0.4) is 0 Å². The largest absolute Gasteiger partial charge is 0.508 e. The van der Waals surface area contributed by atoms with E-state index in [-0.39, 0.29) is 18.0 Å². The number of nitrogens with zero attached hydrogens (tertiary/aromatic N) is 2. The molecule has 2 heterocycles. The molecule has 3 aromatic rings. The van der Waals surface area contributed by atoms with Crippen molar-refractivity contribution in [2.24, 2.45) is 0 Å². The molecule has 1 unspecified atom stereocenters. The second-order valence-electron chi connectivity index (χ2n) is 5.99. The van der Waals surface area contributed by atoms with Crippen LogP contribution >= 0.6 is 0 Å². The van der Waals surface area contributed by atoms with Gasteiger partial charge in [0.2, 0.25) is 0 Å². The van der Waals surface area contributed by atoms with Crippen LogP contribution in [0.1, 0.15) is 22.0 Å². The summed E-state index contributed by atoms with van der Waals surface area (Å²) in [5, 5.41) is 22.6. The predicted molar refractivity (Wildman–Crippen MR) is 92.1 cm³/mol. The molecule has 1 amide bonds. The highest BCUT2D eigenvalue weighted by Gasteiger charge is 2.37. The van der Waals surface area contributed by atoms with Gasteiger partial charge in [-0.3, -0.25) is 9.59 Å². The Morgan fingerprint density at radius 1 is 1.12 bits per heavy atom. The molecule has 130 valence electrons. The van der Waals surface area contributed by atoms with E-state index in [1.54, 1.807) is 36.4 Å². The fraction of sp³-hybridized carbons (Fsp3) is 0.105. The number of anilines is 1. The van der Waals surface area contributed by atoms with Gasteiger partial charge in [-0.15, -0.1) is 0 Å². The fourth-order valence-corrected chi connectivity index (χ4v) is 3.09. The summed E-state index contributed by atoms with van der Waals surface area (Å²) in [7, 11) is 0. The number of carboxylic acids is 1. The molecule has 0 radical (unpaired) electrons. The maximum absolute atomic E-state index is 12.8. The Morgan fingerprint density at radius 3 is 2.58 bits per heavy atom. The number of carbonyl (C=O) groups is 2. The first-order chi connectivity index (χ1) is 12.5. The summed E-state index contributed by atoms with van der Waals surface area (Å²) in [5.74, 6) is -1.65. The first-order valence-corrected chi connectivity index (χ1v) is 7.94. The number of phenolic OH excluding ortho intramolecular Hbond substituents is 1. The molecule has 2 N–H and O–H groups in total. The van der Waals surface area contributed by atoms with Crippen LogP contribution in [0.4, 0.5) is 5.69 Å². The zero-order valence-corrected chi connectivity index (χ0v) is 13.5. The minimum absolute atomic E-state index is 0.0505. The Morgan fingerprint density at radius 2 is 1.85 bits per heavy atom. The van der Waals surface area contributed by atoms with Crippen molar-refractivity contribution in [3.05, 3.63) is 65.9 Å². The molecular formula is C19H14N2O5. The van der Waals surface area contributed by atoms with E-state index in [9.17, 15) is 19.8 Å². The van der Waals surface area contributed by atoms with Gasteiger partial charge in [0.15, 0.2) is 11.5 Å². The molecule has 0 bridgehead atoms. The highest BCUT2D eigenvalue weighted by molar-refractivity contribution is 6.08. The molecule has 0 spiro atoms. The zero-order chi connectivity index (χ0) is 18.3. The van der Waals surface area contributed by atoms with Crippen LogP contribution in [-0.4, -0.2) is 33.8 Å². The van der Waals surface area contributed by atoms with E-state index in [4.69, 9.17) is 4.52 Å². The number of carbonyl (C=O) groups excluding carboxylic acids is 1. The Balaban J connectivity index is 1.65. The van der Waals surface area contributed by atoms with Gasteiger partial charge >= 0.3 is 5.97 Å². The Bertz CT molecular complexity index is 993. The Kier molecular flexibility index (Phi) is 3.69. The number of carboxylic acid groups (broad SMARTS) is 1. The molecule has 0 aliphatic carbocycles. The number of benzene rings is 2. The summed E-state index contributed by atoms with van der Waals surface area (Å²) < 4.78 is 5.24. The molecule has 26 heavy (non-hydrogen) atoms. The molecule has 0 saturated carbocycles. The molecule has 2 aromatic carbocycles. The van der Waals surface area contributed by atoms with Gasteiger partial charge in [0.05, 0.1) is 0 Å². The minimum atomic E-state index is -0.974. The summed E-state index contributed by atoms with van der Waals surface area (Å²) in [5.41, 5.74) is 1.93. The molecule has 7 heteroatoms. The number of para-hydroxylation sites is 1. The third kappa shape index (κ3) is 2.59. The average Bonchev–Trinajstić information content (AvgIpc) is 3.27. The molecule has 4 rings (SSSR count). The maximum Gasteiger partial charge on any atom is 0.312 e. The third-order valence-corrected chi connectivity index (χ3v) is 4.39. The van der Waals surface area contributed by atoms with Gasteiger partial charge in [-0.2, -0.15) is 0 Å². The molecule has 0 saturated heterocycles. The number of hydrogen-bond acceptors (Lipinski definition) is 5. The molecule has 0 fully saturated rings. The minimum Gasteiger partial charge on any atom is -0.508 e. The quantitative estimate of drug-likeness (QED) is 0.753. The summed E-state index contributed by atoms with van der Waals surface area (Å²) >= 11 is 0. The number of aromatic nitrogens is 1. The topological polar surface area (TPSA) is 104 Å². The molecule has 7 nitrogen and oxygen atoms in total. The first-order valence-electron chi connectivity index (χ1n) is 7.94. The van der Waals surface area contributed by atoms with Crippen molar-refractivity contribution in [3.63, 3.8) is 0 Å². The summed E-state index contributed by atoms with van der Waals surface area (Å²) in [6.07, 6.45) is 0. The number of hydrogen-bond donors (Lipinski definition) is 2. The molecule has 1 aliphatic rings. The third-order valence-electron chi connectivity index (χ3n) is 4.39. The van der Waals surface area contributed by atoms with Gasteiger partial charge in [0.1, 0.15) is 11.7 Å². The predicted octanol–water partition coefficient (Wildman–Crippen LogP) is 2.88. The van der Waals surface area contributed by atoms with Gasteiger partial charge in [0.25, 0.3) is 5.91 Å². The van der Waals surface area contributed by atoms with Crippen molar-refractivity contribution in [3.8, 4) is 17.1 Å². The lowest BCUT2D eigenvalue weighted by Gasteiger charge is -2.15. The van der Waals surface area contributed by atoms with Crippen molar-refractivity contribution in [2.75, 3.05) is 11.4 Å². The summed E-state index contributed by atoms with van der Waals surface area (Å²) in [6, 6.07) is 14.8. The van der Waals surface area contributed by atoms with Gasteiger partial charge in [0, 0.05) is 23.9 Å². The second kappa shape index (κ2) is 6.03. The van der Waals surface area contributed by atoms with Crippen molar-refractivity contribution < 1.29 is 24.3 Å².